The van der Waals surface area contributed by atoms with Crippen molar-refractivity contribution in [1.82, 2.24) is 4.90 Å². The third kappa shape index (κ3) is 5.08. The lowest BCUT2D eigenvalue weighted by molar-refractivity contribution is 0.0322. The Morgan fingerprint density at radius 2 is 1.79 bits per heavy atom. The minimum Gasteiger partial charge on any atom is -0.489 e. The number of rotatable bonds is 6. The first-order valence-corrected chi connectivity index (χ1v) is 10.5. The van der Waals surface area contributed by atoms with Gasteiger partial charge in [-0.05, 0) is 54.0 Å². The van der Waals surface area contributed by atoms with Gasteiger partial charge in [0.05, 0.1) is 12.6 Å². The predicted molar refractivity (Wildman–Crippen MR) is 114 cm³/mol. The molecule has 0 bridgehead atoms. The summed E-state index contributed by atoms with van der Waals surface area (Å²) in [6, 6.07) is 16.3. The molecule has 4 rings (SSSR count). The van der Waals surface area contributed by atoms with E-state index in [1.165, 1.54) is 30.4 Å². The topological polar surface area (TPSA) is 52.9 Å². The van der Waals surface area contributed by atoms with Crippen LogP contribution in [0, 0.1) is 0 Å². The van der Waals surface area contributed by atoms with Gasteiger partial charge in [0.1, 0.15) is 18.6 Å². The Morgan fingerprint density at radius 3 is 2.59 bits per heavy atom. The van der Waals surface area contributed by atoms with Gasteiger partial charge in [-0.1, -0.05) is 55.0 Å². The summed E-state index contributed by atoms with van der Waals surface area (Å²) in [6.07, 6.45) is 9.80. The molecule has 2 unspecified atom stereocenters. The Labute approximate surface area is 172 Å². The average molecular weight is 392 g/mol. The van der Waals surface area contributed by atoms with Crippen molar-refractivity contribution in [3.63, 3.8) is 0 Å². The maximum atomic E-state index is 10.7. The highest BCUT2D eigenvalue weighted by Gasteiger charge is 2.20. The van der Waals surface area contributed by atoms with E-state index in [1.54, 1.807) is 17.2 Å². The van der Waals surface area contributed by atoms with Gasteiger partial charge >= 0.3 is 0 Å². The molecule has 0 radical (unpaired) electrons. The van der Waals surface area contributed by atoms with Crippen molar-refractivity contribution in [1.29, 1.82) is 0 Å². The zero-order valence-electron chi connectivity index (χ0n) is 16.7. The van der Waals surface area contributed by atoms with Crippen LogP contribution in [0.4, 0.5) is 0 Å². The third-order valence-corrected chi connectivity index (χ3v) is 5.72. The lowest BCUT2D eigenvalue weighted by Gasteiger charge is -2.30. The molecule has 0 amide bonds. The van der Waals surface area contributed by atoms with Crippen molar-refractivity contribution < 1.29 is 14.9 Å². The lowest BCUT2D eigenvalue weighted by Crippen LogP contribution is -2.34. The number of hydrogen-bond acceptors (Lipinski definition) is 4. The van der Waals surface area contributed by atoms with E-state index < -0.39 is 12.3 Å². The third-order valence-electron chi connectivity index (χ3n) is 5.72. The van der Waals surface area contributed by atoms with Crippen LogP contribution in [0.1, 0.15) is 47.6 Å². The standard InChI is InChI=1S/C25H29NO3/c27-24(22-12-11-20-9-5-2-6-10-21(20)15-22)17-26-14-13-23(16-25(26)28)29-18-19-7-3-1-4-8-19/h1,3-4,7-8,11-16,24-25,27-28H,2,5-6,9-10,17-18H2. The van der Waals surface area contributed by atoms with Gasteiger partial charge in [-0.25, -0.2) is 0 Å². The number of aliphatic hydroxyl groups excluding tert-OH is 2. The van der Waals surface area contributed by atoms with E-state index in [0.717, 1.165) is 24.0 Å². The Hall–Kier alpha value is -2.56. The van der Waals surface area contributed by atoms with Crippen LogP contribution < -0.4 is 0 Å². The quantitative estimate of drug-likeness (QED) is 0.724. The largest absolute Gasteiger partial charge is 0.489 e. The summed E-state index contributed by atoms with van der Waals surface area (Å²) in [7, 11) is 0. The zero-order chi connectivity index (χ0) is 20.1. The number of aryl methyl sites for hydroxylation is 2. The van der Waals surface area contributed by atoms with Crippen LogP contribution in [-0.4, -0.2) is 27.9 Å². The van der Waals surface area contributed by atoms with Gasteiger partial charge in [-0.3, -0.25) is 0 Å². The minimum atomic E-state index is -0.818. The van der Waals surface area contributed by atoms with Gasteiger partial charge in [0.2, 0.25) is 0 Å². The summed E-state index contributed by atoms with van der Waals surface area (Å²) >= 11 is 0. The Kier molecular flexibility index (Phi) is 6.33. The fourth-order valence-corrected chi connectivity index (χ4v) is 4.00. The van der Waals surface area contributed by atoms with Crippen LogP contribution in [0.25, 0.3) is 0 Å². The van der Waals surface area contributed by atoms with Gasteiger partial charge in [-0.15, -0.1) is 0 Å². The number of fused-ring (bicyclic) bond motifs is 1. The molecule has 0 aromatic heterocycles. The van der Waals surface area contributed by atoms with E-state index in [1.807, 2.05) is 42.5 Å². The van der Waals surface area contributed by atoms with Gasteiger partial charge in [-0.2, -0.15) is 0 Å². The summed E-state index contributed by atoms with van der Waals surface area (Å²) in [5, 5.41) is 21.2. The predicted octanol–water partition coefficient (Wildman–Crippen LogP) is 4.24. The first kappa shape index (κ1) is 19.7. The molecule has 2 aromatic rings. The van der Waals surface area contributed by atoms with Crippen molar-refractivity contribution in [2.75, 3.05) is 6.54 Å². The molecule has 2 aliphatic rings. The summed E-state index contributed by atoms with van der Waals surface area (Å²) < 4.78 is 5.78. The SMILES string of the molecule is OC(CN1C=CC(OCc2ccccc2)=CC1O)c1ccc2c(c1)CCCCC2. The molecular weight excluding hydrogens is 362 g/mol. The number of β-amino-alcohol motifs (C(OH)–C–C–N with tert-alkyl or cyclic N) is 1. The molecule has 1 aliphatic heterocycles. The van der Waals surface area contributed by atoms with Crippen LogP contribution in [0.5, 0.6) is 0 Å². The molecule has 29 heavy (non-hydrogen) atoms. The molecule has 152 valence electrons. The number of nitrogens with zero attached hydrogens (tertiary/aromatic N) is 1. The Balaban J connectivity index is 1.35. The van der Waals surface area contributed by atoms with Crippen LogP contribution in [0.2, 0.25) is 0 Å². The molecular formula is C25H29NO3. The van der Waals surface area contributed by atoms with Crippen LogP contribution in [0.15, 0.2) is 72.6 Å². The number of aliphatic hydroxyl groups is 2. The minimum absolute atomic E-state index is 0.332. The summed E-state index contributed by atoms with van der Waals surface area (Å²) in [5.41, 5.74) is 4.78. The maximum Gasteiger partial charge on any atom is 0.149 e. The molecule has 0 fully saturated rings. The average Bonchev–Trinajstić information content (AvgIpc) is 2.99. The number of benzene rings is 2. The van der Waals surface area contributed by atoms with E-state index in [0.29, 0.717) is 18.9 Å². The van der Waals surface area contributed by atoms with Crippen molar-refractivity contribution >= 4 is 0 Å². The zero-order valence-corrected chi connectivity index (χ0v) is 16.7. The molecule has 0 spiro atoms. The molecule has 1 heterocycles. The van der Waals surface area contributed by atoms with E-state index in [4.69, 9.17) is 4.74 Å². The fraction of sp³-hybridized carbons (Fsp3) is 0.360. The highest BCUT2D eigenvalue weighted by Crippen LogP contribution is 2.26. The smallest absolute Gasteiger partial charge is 0.149 e. The molecule has 2 atom stereocenters. The first-order valence-electron chi connectivity index (χ1n) is 10.5. The van der Waals surface area contributed by atoms with Crippen molar-refractivity contribution in [2.45, 2.75) is 51.0 Å². The van der Waals surface area contributed by atoms with Crippen LogP contribution in [-0.2, 0) is 24.2 Å². The molecule has 2 aromatic carbocycles. The number of allylic oxidation sites excluding steroid dienone is 1. The summed E-state index contributed by atoms with van der Waals surface area (Å²) in [4.78, 5) is 1.73. The van der Waals surface area contributed by atoms with E-state index in [-0.39, 0.29) is 0 Å². The van der Waals surface area contributed by atoms with Crippen LogP contribution in [0.3, 0.4) is 0 Å². The second-order valence-electron chi connectivity index (χ2n) is 7.87. The second kappa shape index (κ2) is 9.29. The summed E-state index contributed by atoms with van der Waals surface area (Å²) in [6.45, 7) is 0.792. The monoisotopic (exact) mass is 391 g/mol. The normalized spacial score (nSPS) is 19.9. The van der Waals surface area contributed by atoms with Gasteiger partial charge < -0.3 is 19.8 Å². The van der Waals surface area contributed by atoms with Crippen molar-refractivity contribution in [3.05, 3.63) is 94.9 Å². The van der Waals surface area contributed by atoms with Gasteiger partial charge in [0, 0.05) is 12.3 Å². The summed E-state index contributed by atoms with van der Waals surface area (Å²) in [5.74, 6) is 0.636. The molecule has 0 saturated heterocycles. The van der Waals surface area contributed by atoms with Gasteiger partial charge in [0.25, 0.3) is 0 Å². The molecule has 2 N–H and O–H groups in total. The van der Waals surface area contributed by atoms with Crippen molar-refractivity contribution in [2.24, 2.45) is 0 Å². The first-order chi connectivity index (χ1) is 14.2. The number of hydrogen-bond donors (Lipinski definition) is 2. The molecule has 4 heteroatoms. The second-order valence-corrected chi connectivity index (χ2v) is 7.87. The Bertz CT molecular complexity index is 875. The fourth-order valence-electron chi connectivity index (χ4n) is 4.00. The number of ether oxygens (including phenoxy) is 1. The van der Waals surface area contributed by atoms with Gasteiger partial charge in [0.15, 0.2) is 0 Å². The van der Waals surface area contributed by atoms with E-state index in [9.17, 15) is 10.2 Å². The highest BCUT2D eigenvalue weighted by atomic mass is 16.5. The van der Waals surface area contributed by atoms with E-state index in [2.05, 4.69) is 12.1 Å². The molecule has 1 aliphatic carbocycles. The molecule has 4 nitrogen and oxygen atoms in total. The highest BCUT2D eigenvalue weighted by molar-refractivity contribution is 5.34. The van der Waals surface area contributed by atoms with Crippen molar-refractivity contribution in [3.8, 4) is 0 Å². The maximum absolute atomic E-state index is 10.7. The lowest BCUT2D eigenvalue weighted by atomic mass is 9.97. The van der Waals surface area contributed by atoms with E-state index >= 15 is 0 Å². The van der Waals surface area contributed by atoms with Crippen LogP contribution >= 0.6 is 0 Å². The molecule has 0 saturated carbocycles. The Morgan fingerprint density at radius 1 is 1.00 bits per heavy atom.